The van der Waals surface area contributed by atoms with Gasteiger partial charge < -0.3 is 9.72 Å². The molecule has 32 heavy (non-hydrogen) atoms. The molecule has 0 bridgehead atoms. The van der Waals surface area contributed by atoms with E-state index in [0.29, 0.717) is 28.6 Å². The van der Waals surface area contributed by atoms with Crippen LogP contribution in [0.25, 0.3) is 0 Å². The largest absolute Gasteiger partial charge is 0.465 e. The van der Waals surface area contributed by atoms with Gasteiger partial charge in [-0.05, 0) is 44.5 Å². The third-order valence-electron chi connectivity index (χ3n) is 5.78. The number of aryl methyl sites for hydroxylation is 1. The molecule has 1 aliphatic heterocycles. The fourth-order valence-corrected chi connectivity index (χ4v) is 5.42. The zero-order valence-corrected chi connectivity index (χ0v) is 19.1. The van der Waals surface area contributed by atoms with Crippen molar-refractivity contribution in [3.8, 4) is 0 Å². The monoisotopic (exact) mass is 469 g/mol. The standard InChI is InChI=1S/C21H25F2N3O5S/c1-12-18(21(28)31-4)13(2)24-19(12)20(27)14(3)25-7-9-26(10-8-25)32(29,30)17-11-15(22)5-6-16(17)23/h5-6,11,14,24H,7-10H2,1-4H3/t14-/m0/s1. The number of sulfonamides is 1. The van der Waals surface area contributed by atoms with Crippen LogP contribution < -0.4 is 0 Å². The van der Waals surface area contributed by atoms with Gasteiger partial charge in [-0.2, -0.15) is 4.31 Å². The van der Waals surface area contributed by atoms with E-state index in [1.165, 1.54) is 7.11 Å². The number of carbonyl (C=O) groups excluding carboxylic acids is 2. The van der Waals surface area contributed by atoms with Gasteiger partial charge in [0.05, 0.1) is 24.4 Å². The predicted octanol–water partition coefficient (Wildman–Crippen LogP) is 2.27. The van der Waals surface area contributed by atoms with Crippen molar-refractivity contribution in [1.82, 2.24) is 14.2 Å². The predicted molar refractivity (Wildman–Crippen MR) is 112 cm³/mol. The van der Waals surface area contributed by atoms with E-state index in [-0.39, 0.29) is 32.0 Å². The van der Waals surface area contributed by atoms with E-state index in [1.807, 2.05) is 4.90 Å². The Kier molecular flexibility index (Phi) is 6.82. The molecule has 0 aliphatic carbocycles. The van der Waals surface area contributed by atoms with E-state index < -0.39 is 38.6 Å². The van der Waals surface area contributed by atoms with Crippen LogP contribution in [-0.2, 0) is 14.8 Å². The van der Waals surface area contributed by atoms with Crippen LogP contribution >= 0.6 is 0 Å². The van der Waals surface area contributed by atoms with Gasteiger partial charge in [0.25, 0.3) is 0 Å². The molecule has 1 atom stereocenters. The maximum atomic E-state index is 14.0. The quantitative estimate of drug-likeness (QED) is 0.515. The Bertz CT molecular complexity index is 1150. The Morgan fingerprint density at radius 2 is 1.75 bits per heavy atom. The van der Waals surface area contributed by atoms with Crippen molar-refractivity contribution in [3.05, 3.63) is 52.3 Å². The highest BCUT2D eigenvalue weighted by Gasteiger charge is 2.35. The number of methoxy groups -OCH3 is 1. The van der Waals surface area contributed by atoms with Gasteiger partial charge in [0, 0.05) is 31.9 Å². The zero-order chi connectivity index (χ0) is 23.8. The normalized spacial score (nSPS) is 16.7. The van der Waals surface area contributed by atoms with Crippen LogP contribution in [0.5, 0.6) is 0 Å². The van der Waals surface area contributed by atoms with E-state index in [2.05, 4.69) is 4.98 Å². The number of aromatic amines is 1. The molecule has 2 aromatic rings. The van der Waals surface area contributed by atoms with Gasteiger partial charge in [-0.15, -0.1) is 0 Å². The summed E-state index contributed by atoms with van der Waals surface area (Å²) in [7, 11) is -2.94. The van der Waals surface area contributed by atoms with E-state index in [1.54, 1.807) is 20.8 Å². The van der Waals surface area contributed by atoms with Crippen LogP contribution in [0, 0.1) is 25.5 Å². The molecule has 1 fully saturated rings. The number of carbonyl (C=O) groups is 2. The van der Waals surface area contributed by atoms with Crippen molar-refractivity contribution in [1.29, 1.82) is 0 Å². The van der Waals surface area contributed by atoms with E-state index in [4.69, 9.17) is 4.74 Å². The van der Waals surface area contributed by atoms with E-state index in [9.17, 15) is 26.8 Å². The fraction of sp³-hybridized carbons (Fsp3) is 0.429. The van der Waals surface area contributed by atoms with Crippen molar-refractivity contribution in [2.24, 2.45) is 0 Å². The summed E-state index contributed by atoms with van der Waals surface area (Å²) in [5.74, 6) is -2.64. The highest BCUT2D eigenvalue weighted by atomic mass is 32.2. The summed E-state index contributed by atoms with van der Waals surface area (Å²) in [5, 5.41) is 0. The summed E-state index contributed by atoms with van der Waals surface area (Å²) in [6, 6.07) is 1.71. The molecule has 0 spiro atoms. The van der Waals surface area contributed by atoms with Gasteiger partial charge in [0.1, 0.15) is 16.5 Å². The Hall–Kier alpha value is -2.63. The lowest BCUT2D eigenvalue weighted by Gasteiger charge is -2.36. The van der Waals surface area contributed by atoms with Gasteiger partial charge >= 0.3 is 5.97 Å². The van der Waals surface area contributed by atoms with Gasteiger partial charge in [0.2, 0.25) is 10.0 Å². The van der Waals surface area contributed by atoms with Gasteiger partial charge in [-0.3, -0.25) is 9.69 Å². The molecule has 1 aromatic carbocycles. The second kappa shape index (κ2) is 9.08. The van der Waals surface area contributed by atoms with Crippen LogP contribution in [0.15, 0.2) is 23.1 Å². The number of aromatic nitrogens is 1. The minimum absolute atomic E-state index is 0.0199. The number of H-pyrrole nitrogens is 1. The lowest BCUT2D eigenvalue weighted by Crippen LogP contribution is -2.53. The van der Waals surface area contributed by atoms with Crippen LogP contribution in [0.2, 0.25) is 0 Å². The fourth-order valence-electron chi connectivity index (χ4n) is 3.92. The number of hydrogen-bond donors (Lipinski definition) is 1. The number of Topliss-reactive ketones (excluding diaryl/α,β-unsaturated/α-hetero) is 1. The molecule has 0 saturated carbocycles. The summed E-state index contributed by atoms with van der Waals surface area (Å²) in [6.07, 6.45) is 0. The molecule has 1 aliphatic rings. The molecule has 174 valence electrons. The van der Waals surface area contributed by atoms with Crippen LogP contribution in [0.3, 0.4) is 0 Å². The van der Waals surface area contributed by atoms with Crippen LogP contribution in [-0.4, -0.2) is 73.7 Å². The topological polar surface area (TPSA) is 99.8 Å². The Morgan fingerprint density at radius 1 is 1.12 bits per heavy atom. The molecule has 3 rings (SSSR count). The summed E-state index contributed by atoms with van der Waals surface area (Å²) in [4.78, 5) is 29.1. The highest BCUT2D eigenvalue weighted by Crippen LogP contribution is 2.24. The average molecular weight is 470 g/mol. The maximum Gasteiger partial charge on any atom is 0.339 e. The minimum Gasteiger partial charge on any atom is -0.465 e. The number of halogens is 2. The molecular formula is C21H25F2N3O5S. The smallest absolute Gasteiger partial charge is 0.339 e. The van der Waals surface area contributed by atoms with Crippen molar-refractivity contribution >= 4 is 21.8 Å². The van der Waals surface area contributed by atoms with Gasteiger partial charge in [-0.1, -0.05) is 0 Å². The second-order valence-corrected chi connectivity index (χ2v) is 9.58. The summed E-state index contributed by atoms with van der Waals surface area (Å²) < 4.78 is 58.8. The van der Waals surface area contributed by atoms with Gasteiger partial charge in [-0.25, -0.2) is 22.0 Å². The Morgan fingerprint density at radius 3 is 2.34 bits per heavy atom. The SMILES string of the molecule is COC(=O)c1c(C)[nH]c(C(=O)[C@H](C)N2CCN(S(=O)(=O)c3cc(F)ccc3F)CC2)c1C. The zero-order valence-electron chi connectivity index (χ0n) is 18.2. The molecule has 1 N–H and O–H groups in total. The molecule has 1 aromatic heterocycles. The average Bonchev–Trinajstić information content (AvgIpc) is 3.07. The first-order valence-electron chi connectivity index (χ1n) is 10.00. The maximum absolute atomic E-state index is 14.0. The summed E-state index contributed by atoms with van der Waals surface area (Å²) in [6.45, 7) is 5.53. The van der Waals surface area contributed by atoms with Crippen molar-refractivity contribution in [3.63, 3.8) is 0 Å². The Balaban J connectivity index is 1.73. The number of rotatable bonds is 6. The Labute approximate surface area is 185 Å². The number of esters is 1. The van der Waals surface area contributed by atoms with Crippen LogP contribution in [0.4, 0.5) is 8.78 Å². The number of piperazine rings is 1. The lowest BCUT2D eigenvalue weighted by molar-refractivity contribution is 0.0599. The molecular weight excluding hydrogens is 444 g/mol. The molecule has 0 radical (unpaired) electrons. The second-order valence-electron chi connectivity index (χ2n) is 7.67. The highest BCUT2D eigenvalue weighted by molar-refractivity contribution is 7.89. The van der Waals surface area contributed by atoms with Crippen LogP contribution in [0.1, 0.15) is 39.0 Å². The number of hydrogen-bond acceptors (Lipinski definition) is 6. The lowest BCUT2D eigenvalue weighted by atomic mass is 10.0. The summed E-state index contributed by atoms with van der Waals surface area (Å²) in [5.41, 5.74) is 1.63. The van der Waals surface area contributed by atoms with Crippen molar-refractivity contribution < 1.29 is 31.5 Å². The number of ketones is 1. The molecule has 2 heterocycles. The molecule has 0 amide bonds. The minimum atomic E-state index is -4.21. The number of nitrogens with one attached hydrogen (secondary N) is 1. The molecule has 1 saturated heterocycles. The molecule has 11 heteroatoms. The third-order valence-corrected chi connectivity index (χ3v) is 7.70. The first kappa shape index (κ1) is 24.0. The number of ether oxygens (including phenoxy) is 1. The first-order valence-corrected chi connectivity index (χ1v) is 11.4. The molecule has 8 nitrogen and oxygen atoms in total. The molecule has 0 unspecified atom stereocenters. The van der Waals surface area contributed by atoms with E-state index >= 15 is 0 Å². The number of benzene rings is 1. The first-order chi connectivity index (χ1) is 15.0. The van der Waals surface area contributed by atoms with E-state index in [0.717, 1.165) is 16.4 Å². The third kappa shape index (κ3) is 4.32. The number of nitrogens with zero attached hydrogens (tertiary/aromatic N) is 2. The summed E-state index contributed by atoms with van der Waals surface area (Å²) >= 11 is 0. The van der Waals surface area contributed by atoms with Crippen molar-refractivity contribution in [2.75, 3.05) is 33.3 Å². The van der Waals surface area contributed by atoms with Gasteiger partial charge in [0.15, 0.2) is 5.78 Å². The van der Waals surface area contributed by atoms with Crippen molar-refractivity contribution in [2.45, 2.75) is 31.7 Å².